The van der Waals surface area contributed by atoms with Gasteiger partial charge in [-0.2, -0.15) is 11.8 Å². The molecule has 1 aromatic carbocycles. The van der Waals surface area contributed by atoms with E-state index < -0.39 is 0 Å². The van der Waals surface area contributed by atoms with Gasteiger partial charge >= 0.3 is 0 Å². The molecule has 0 unspecified atom stereocenters. The number of carbonyl (C=O) groups excluding carboxylic acids is 1. The minimum absolute atomic E-state index is 0.0311. The number of aliphatic hydroxyl groups is 1. The van der Waals surface area contributed by atoms with Crippen molar-refractivity contribution in [1.29, 1.82) is 0 Å². The van der Waals surface area contributed by atoms with Gasteiger partial charge in [-0.25, -0.2) is 0 Å². The quantitative estimate of drug-likeness (QED) is 0.865. The van der Waals surface area contributed by atoms with E-state index in [9.17, 15) is 9.90 Å². The second-order valence-electron chi connectivity index (χ2n) is 6.90. The highest BCUT2D eigenvalue weighted by atomic mass is 32.2. The Morgan fingerprint density at radius 2 is 1.91 bits per heavy atom. The maximum atomic E-state index is 12.5. The summed E-state index contributed by atoms with van der Waals surface area (Å²) in [6.07, 6.45) is 2.04. The van der Waals surface area contributed by atoms with E-state index >= 15 is 0 Å². The van der Waals surface area contributed by atoms with Crippen LogP contribution in [-0.4, -0.2) is 65.6 Å². The standard InChI is InChI=1S/C18H26N2O2S/c1-19(13-18(14-21)6-7-18)17(22)16-4-2-15(3-5-16)12-20-8-10-23-11-9-20/h2-5,21H,6-14H2,1H3. The Hall–Kier alpha value is -1.04. The fourth-order valence-corrected chi connectivity index (χ4v) is 4.09. The largest absolute Gasteiger partial charge is 0.396 e. The van der Waals surface area contributed by atoms with Gasteiger partial charge in [0.2, 0.25) is 0 Å². The molecule has 2 fully saturated rings. The molecule has 5 heteroatoms. The SMILES string of the molecule is CN(CC1(CO)CC1)C(=O)c1ccc(CN2CCSCC2)cc1. The van der Waals surface area contributed by atoms with E-state index in [0.717, 1.165) is 38.0 Å². The van der Waals surface area contributed by atoms with E-state index in [1.54, 1.807) is 4.90 Å². The van der Waals surface area contributed by atoms with Crippen LogP contribution in [-0.2, 0) is 6.54 Å². The zero-order valence-corrected chi connectivity index (χ0v) is 14.6. The van der Waals surface area contributed by atoms with Crippen molar-refractivity contribution in [2.45, 2.75) is 19.4 Å². The monoisotopic (exact) mass is 334 g/mol. The van der Waals surface area contributed by atoms with Crippen LogP contribution in [0.5, 0.6) is 0 Å². The Morgan fingerprint density at radius 3 is 2.48 bits per heavy atom. The molecule has 126 valence electrons. The second kappa shape index (κ2) is 7.24. The molecule has 1 aliphatic heterocycles. The first-order chi connectivity index (χ1) is 11.1. The lowest BCUT2D eigenvalue weighted by molar-refractivity contribution is 0.0733. The topological polar surface area (TPSA) is 43.8 Å². The summed E-state index contributed by atoms with van der Waals surface area (Å²) in [7, 11) is 1.83. The third-order valence-electron chi connectivity index (χ3n) is 4.92. The number of nitrogens with zero attached hydrogens (tertiary/aromatic N) is 2. The zero-order chi connectivity index (χ0) is 16.3. The predicted molar refractivity (Wildman–Crippen MR) is 94.8 cm³/mol. The van der Waals surface area contributed by atoms with Gasteiger partial charge in [-0.05, 0) is 30.5 Å². The normalized spacial score (nSPS) is 20.3. The van der Waals surface area contributed by atoms with Crippen LogP contribution in [0.15, 0.2) is 24.3 Å². The van der Waals surface area contributed by atoms with E-state index in [2.05, 4.69) is 17.0 Å². The van der Waals surface area contributed by atoms with Crippen LogP contribution in [0.4, 0.5) is 0 Å². The predicted octanol–water partition coefficient (Wildman–Crippen LogP) is 2.08. The van der Waals surface area contributed by atoms with Crippen molar-refractivity contribution in [3.05, 3.63) is 35.4 Å². The molecule has 3 rings (SSSR count). The summed E-state index contributed by atoms with van der Waals surface area (Å²) in [5, 5.41) is 9.41. The van der Waals surface area contributed by atoms with E-state index in [-0.39, 0.29) is 17.9 Å². The summed E-state index contributed by atoms with van der Waals surface area (Å²) in [5.41, 5.74) is 1.97. The minimum atomic E-state index is -0.0311. The Bertz CT molecular complexity index is 536. The Balaban J connectivity index is 1.56. The molecule has 23 heavy (non-hydrogen) atoms. The van der Waals surface area contributed by atoms with E-state index in [1.165, 1.54) is 17.1 Å². The number of carbonyl (C=O) groups is 1. The van der Waals surface area contributed by atoms with Gasteiger partial charge < -0.3 is 10.0 Å². The van der Waals surface area contributed by atoms with Crippen molar-refractivity contribution in [3.63, 3.8) is 0 Å². The molecule has 0 bridgehead atoms. The van der Waals surface area contributed by atoms with Crippen LogP contribution in [0.2, 0.25) is 0 Å². The Kier molecular flexibility index (Phi) is 5.29. The molecule has 1 saturated heterocycles. The molecule has 1 saturated carbocycles. The number of benzene rings is 1. The lowest BCUT2D eigenvalue weighted by Crippen LogP contribution is -2.34. The van der Waals surface area contributed by atoms with Crippen molar-refractivity contribution in [2.24, 2.45) is 5.41 Å². The fraction of sp³-hybridized carbons (Fsp3) is 0.611. The highest BCUT2D eigenvalue weighted by Gasteiger charge is 2.43. The van der Waals surface area contributed by atoms with Gasteiger partial charge in [-0.15, -0.1) is 0 Å². The molecule has 0 atom stereocenters. The average molecular weight is 334 g/mol. The summed E-state index contributed by atoms with van der Waals surface area (Å²) in [5.74, 6) is 2.48. The van der Waals surface area contributed by atoms with Crippen LogP contribution in [0, 0.1) is 5.41 Å². The molecule has 0 spiro atoms. The first-order valence-electron chi connectivity index (χ1n) is 8.37. The van der Waals surface area contributed by atoms with Crippen molar-refractivity contribution >= 4 is 17.7 Å². The van der Waals surface area contributed by atoms with Gasteiger partial charge in [-0.1, -0.05) is 12.1 Å². The van der Waals surface area contributed by atoms with Gasteiger partial charge in [0.05, 0.1) is 6.61 Å². The minimum Gasteiger partial charge on any atom is -0.396 e. The van der Waals surface area contributed by atoms with E-state index in [0.29, 0.717) is 6.54 Å². The number of hydrogen-bond acceptors (Lipinski definition) is 4. The highest BCUT2D eigenvalue weighted by Crippen LogP contribution is 2.45. The van der Waals surface area contributed by atoms with Gasteiger partial charge in [0.15, 0.2) is 0 Å². The van der Waals surface area contributed by atoms with Crippen LogP contribution in [0.3, 0.4) is 0 Å². The Labute approximate surface area is 142 Å². The van der Waals surface area contributed by atoms with Crippen LogP contribution in [0.1, 0.15) is 28.8 Å². The molecule has 1 aliphatic carbocycles. The Morgan fingerprint density at radius 1 is 1.26 bits per heavy atom. The molecule has 1 aromatic rings. The zero-order valence-electron chi connectivity index (χ0n) is 13.8. The molecule has 1 N–H and O–H groups in total. The molecule has 0 radical (unpaired) electrons. The maximum Gasteiger partial charge on any atom is 0.253 e. The molecule has 1 heterocycles. The number of aliphatic hydroxyl groups excluding tert-OH is 1. The summed E-state index contributed by atoms with van der Waals surface area (Å²) < 4.78 is 0. The molecule has 1 amide bonds. The molecular weight excluding hydrogens is 308 g/mol. The summed E-state index contributed by atoms with van der Waals surface area (Å²) >= 11 is 2.02. The molecule has 4 nitrogen and oxygen atoms in total. The lowest BCUT2D eigenvalue weighted by atomic mass is 10.1. The van der Waals surface area contributed by atoms with Crippen molar-refractivity contribution in [2.75, 3.05) is 44.8 Å². The molecular formula is C18H26N2O2S. The maximum absolute atomic E-state index is 12.5. The van der Waals surface area contributed by atoms with E-state index in [1.807, 2.05) is 30.9 Å². The third kappa shape index (κ3) is 4.28. The lowest BCUT2D eigenvalue weighted by Gasteiger charge is -2.26. The second-order valence-corrected chi connectivity index (χ2v) is 8.13. The third-order valence-corrected chi connectivity index (χ3v) is 5.87. The van der Waals surface area contributed by atoms with Gasteiger partial charge in [0.25, 0.3) is 5.91 Å². The van der Waals surface area contributed by atoms with Crippen molar-refractivity contribution in [1.82, 2.24) is 9.80 Å². The van der Waals surface area contributed by atoms with Crippen molar-refractivity contribution in [3.8, 4) is 0 Å². The van der Waals surface area contributed by atoms with Crippen LogP contribution in [0.25, 0.3) is 0 Å². The number of hydrogen-bond donors (Lipinski definition) is 1. The number of rotatable bonds is 6. The van der Waals surface area contributed by atoms with E-state index in [4.69, 9.17) is 0 Å². The van der Waals surface area contributed by atoms with Gasteiger partial charge in [-0.3, -0.25) is 9.69 Å². The molecule has 0 aromatic heterocycles. The summed E-state index contributed by atoms with van der Waals surface area (Å²) in [6, 6.07) is 8.01. The van der Waals surface area contributed by atoms with Crippen LogP contribution < -0.4 is 0 Å². The average Bonchev–Trinajstić information content (AvgIpc) is 3.36. The molecule has 2 aliphatic rings. The number of amides is 1. The summed E-state index contributed by atoms with van der Waals surface area (Å²) in [4.78, 5) is 16.7. The number of thioether (sulfide) groups is 1. The first kappa shape index (κ1) is 16.8. The first-order valence-corrected chi connectivity index (χ1v) is 9.53. The van der Waals surface area contributed by atoms with Gasteiger partial charge in [0.1, 0.15) is 0 Å². The highest BCUT2D eigenvalue weighted by molar-refractivity contribution is 7.99. The van der Waals surface area contributed by atoms with Crippen molar-refractivity contribution < 1.29 is 9.90 Å². The smallest absolute Gasteiger partial charge is 0.253 e. The summed E-state index contributed by atoms with van der Waals surface area (Å²) in [6.45, 7) is 4.10. The fourth-order valence-electron chi connectivity index (χ4n) is 3.11. The van der Waals surface area contributed by atoms with Crippen LogP contribution >= 0.6 is 11.8 Å². The van der Waals surface area contributed by atoms with Gasteiger partial charge in [0, 0.05) is 55.7 Å².